The van der Waals surface area contributed by atoms with Crippen LogP contribution in [0.2, 0.25) is 0 Å². The lowest BCUT2D eigenvalue weighted by Crippen LogP contribution is -2.09. The van der Waals surface area contributed by atoms with Crippen LogP contribution in [0.25, 0.3) is 0 Å². The maximum absolute atomic E-state index is 13.5. The molecule has 0 aliphatic rings. The number of hydrogen-bond acceptors (Lipinski definition) is 3. The van der Waals surface area contributed by atoms with Crippen molar-refractivity contribution in [1.82, 2.24) is 0 Å². The van der Waals surface area contributed by atoms with Crippen molar-refractivity contribution < 1.29 is 13.6 Å². The standard InChI is InChI=1S/C12H9BrF2N2OS/c13-8-2-10(15)11(3-9(8)14)17-4-7-1-6(5-19-7)12(16)18/h1-3,5,17H,4H2,(H2,16,18). The first-order chi connectivity index (χ1) is 8.97. The van der Waals surface area contributed by atoms with Crippen molar-refractivity contribution in [3.63, 3.8) is 0 Å². The van der Waals surface area contributed by atoms with E-state index in [0.29, 0.717) is 5.56 Å². The molecule has 1 heterocycles. The third-order valence-electron chi connectivity index (χ3n) is 2.40. The number of halogens is 3. The Morgan fingerprint density at radius 2 is 2.05 bits per heavy atom. The Balaban J connectivity index is 2.09. The minimum atomic E-state index is -0.556. The zero-order valence-corrected chi connectivity index (χ0v) is 11.9. The average Bonchev–Trinajstić information content (AvgIpc) is 2.81. The molecule has 2 rings (SSSR count). The van der Waals surface area contributed by atoms with Gasteiger partial charge in [0.25, 0.3) is 0 Å². The van der Waals surface area contributed by atoms with Crippen LogP contribution in [0.1, 0.15) is 15.2 Å². The lowest BCUT2D eigenvalue weighted by molar-refractivity contribution is 0.100. The monoisotopic (exact) mass is 346 g/mol. The fourth-order valence-corrected chi connectivity index (χ4v) is 2.57. The van der Waals surface area contributed by atoms with Crippen LogP contribution in [0.3, 0.4) is 0 Å². The first-order valence-corrected chi connectivity index (χ1v) is 6.90. The van der Waals surface area contributed by atoms with E-state index in [1.165, 1.54) is 11.3 Å². The Bertz CT molecular complexity index is 630. The Labute approximate surface area is 120 Å². The Morgan fingerprint density at radius 1 is 1.32 bits per heavy atom. The topological polar surface area (TPSA) is 55.1 Å². The second-order valence-electron chi connectivity index (χ2n) is 3.77. The van der Waals surface area contributed by atoms with E-state index in [4.69, 9.17) is 5.73 Å². The van der Waals surface area contributed by atoms with E-state index in [-0.39, 0.29) is 16.7 Å². The predicted molar refractivity (Wildman–Crippen MR) is 74.2 cm³/mol. The van der Waals surface area contributed by atoms with Gasteiger partial charge >= 0.3 is 0 Å². The molecule has 3 N–H and O–H groups in total. The molecule has 0 saturated heterocycles. The van der Waals surface area contributed by atoms with Crippen molar-refractivity contribution in [2.75, 3.05) is 5.32 Å². The smallest absolute Gasteiger partial charge is 0.249 e. The fourth-order valence-electron chi connectivity index (χ4n) is 1.44. The van der Waals surface area contributed by atoms with Crippen LogP contribution in [0, 0.1) is 11.6 Å². The van der Waals surface area contributed by atoms with Gasteiger partial charge in [0, 0.05) is 22.9 Å². The summed E-state index contributed by atoms with van der Waals surface area (Å²) < 4.78 is 26.9. The summed E-state index contributed by atoms with van der Waals surface area (Å²) in [6, 6.07) is 3.75. The van der Waals surface area contributed by atoms with Gasteiger partial charge in [-0.05, 0) is 28.1 Å². The number of amides is 1. The summed E-state index contributed by atoms with van der Waals surface area (Å²) in [6.07, 6.45) is 0. The molecule has 0 spiro atoms. The third kappa shape index (κ3) is 3.30. The van der Waals surface area contributed by atoms with Gasteiger partial charge in [0.2, 0.25) is 5.91 Å². The molecule has 0 radical (unpaired) electrons. The highest BCUT2D eigenvalue weighted by molar-refractivity contribution is 9.10. The van der Waals surface area contributed by atoms with Gasteiger partial charge in [-0.1, -0.05) is 0 Å². The second kappa shape index (κ2) is 5.66. The van der Waals surface area contributed by atoms with Gasteiger partial charge in [0.1, 0.15) is 11.6 Å². The maximum atomic E-state index is 13.5. The molecule has 0 unspecified atom stereocenters. The summed E-state index contributed by atoms with van der Waals surface area (Å²) >= 11 is 4.22. The van der Waals surface area contributed by atoms with Crippen LogP contribution in [0.5, 0.6) is 0 Å². The number of hydrogen-bond donors (Lipinski definition) is 2. The molecular weight excluding hydrogens is 338 g/mol. The molecule has 1 aromatic heterocycles. The number of carbonyl (C=O) groups is 1. The number of thiophene rings is 1. The van der Waals surface area contributed by atoms with Crippen molar-refractivity contribution in [2.45, 2.75) is 6.54 Å². The molecular formula is C12H9BrF2N2OS. The van der Waals surface area contributed by atoms with Crippen LogP contribution in [-0.2, 0) is 6.54 Å². The Morgan fingerprint density at radius 3 is 2.68 bits per heavy atom. The number of benzene rings is 1. The van der Waals surface area contributed by atoms with Crippen LogP contribution in [0.4, 0.5) is 14.5 Å². The second-order valence-corrected chi connectivity index (χ2v) is 5.62. The van der Waals surface area contributed by atoms with Crippen molar-refractivity contribution >= 4 is 38.9 Å². The quantitative estimate of drug-likeness (QED) is 0.832. The highest BCUT2D eigenvalue weighted by atomic mass is 79.9. The first-order valence-electron chi connectivity index (χ1n) is 5.23. The lowest BCUT2D eigenvalue weighted by atomic mass is 10.2. The molecule has 0 bridgehead atoms. The van der Waals surface area contributed by atoms with Gasteiger partial charge in [0.05, 0.1) is 15.7 Å². The summed E-state index contributed by atoms with van der Waals surface area (Å²) in [4.78, 5) is 11.7. The van der Waals surface area contributed by atoms with E-state index >= 15 is 0 Å². The van der Waals surface area contributed by atoms with Crippen LogP contribution in [0.15, 0.2) is 28.1 Å². The van der Waals surface area contributed by atoms with Gasteiger partial charge in [-0.3, -0.25) is 4.79 Å². The molecule has 0 atom stereocenters. The number of nitrogens with one attached hydrogen (secondary N) is 1. The highest BCUT2D eigenvalue weighted by Gasteiger charge is 2.09. The molecule has 0 aliphatic heterocycles. The predicted octanol–water partition coefficient (Wildman–Crippen LogP) is 3.50. The van der Waals surface area contributed by atoms with E-state index in [1.807, 2.05) is 0 Å². The largest absolute Gasteiger partial charge is 0.378 e. The summed E-state index contributed by atoms with van der Waals surface area (Å²) in [5, 5.41) is 4.39. The van der Waals surface area contributed by atoms with Crippen LogP contribution < -0.4 is 11.1 Å². The summed E-state index contributed by atoms with van der Waals surface area (Å²) in [6.45, 7) is 0.288. The Hall–Kier alpha value is -1.47. The molecule has 3 nitrogen and oxygen atoms in total. The van der Waals surface area contributed by atoms with Crippen molar-refractivity contribution in [2.24, 2.45) is 5.73 Å². The lowest BCUT2D eigenvalue weighted by Gasteiger charge is -2.07. The van der Waals surface area contributed by atoms with Gasteiger partial charge in [0.15, 0.2) is 0 Å². The summed E-state index contributed by atoms with van der Waals surface area (Å²) in [7, 11) is 0. The van der Waals surface area contributed by atoms with Crippen molar-refractivity contribution in [3.05, 3.63) is 50.1 Å². The fraction of sp³-hybridized carbons (Fsp3) is 0.0833. The minimum absolute atomic E-state index is 0.0646. The number of carbonyl (C=O) groups excluding carboxylic acids is 1. The highest BCUT2D eigenvalue weighted by Crippen LogP contribution is 2.24. The van der Waals surface area contributed by atoms with Crippen LogP contribution in [-0.4, -0.2) is 5.91 Å². The third-order valence-corrected chi connectivity index (χ3v) is 3.95. The number of anilines is 1. The normalized spacial score (nSPS) is 10.5. The van der Waals surface area contributed by atoms with E-state index in [2.05, 4.69) is 21.2 Å². The molecule has 0 aliphatic carbocycles. The van der Waals surface area contributed by atoms with Gasteiger partial charge in [-0.25, -0.2) is 8.78 Å². The van der Waals surface area contributed by atoms with Crippen molar-refractivity contribution in [3.8, 4) is 0 Å². The van der Waals surface area contributed by atoms with E-state index in [1.54, 1.807) is 11.4 Å². The zero-order valence-electron chi connectivity index (χ0n) is 9.54. The summed E-state index contributed by atoms with van der Waals surface area (Å²) in [5.41, 5.74) is 5.60. The molecule has 100 valence electrons. The number of primary amides is 1. The van der Waals surface area contributed by atoms with Gasteiger partial charge < -0.3 is 11.1 Å². The van der Waals surface area contributed by atoms with Crippen LogP contribution >= 0.6 is 27.3 Å². The molecule has 0 fully saturated rings. The Kier molecular flexibility index (Phi) is 4.16. The number of nitrogens with two attached hydrogens (primary N) is 1. The zero-order chi connectivity index (χ0) is 14.0. The molecule has 19 heavy (non-hydrogen) atoms. The maximum Gasteiger partial charge on any atom is 0.249 e. The van der Waals surface area contributed by atoms with E-state index in [9.17, 15) is 13.6 Å². The number of rotatable bonds is 4. The molecule has 1 aromatic carbocycles. The molecule has 0 saturated carbocycles. The first kappa shape index (κ1) is 14.0. The average molecular weight is 347 g/mol. The minimum Gasteiger partial charge on any atom is -0.378 e. The molecule has 7 heteroatoms. The van der Waals surface area contributed by atoms with Gasteiger partial charge in [-0.2, -0.15) is 0 Å². The van der Waals surface area contributed by atoms with E-state index in [0.717, 1.165) is 17.0 Å². The summed E-state index contributed by atoms with van der Waals surface area (Å²) in [5.74, 6) is -1.61. The van der Waals surface area contributed by atoms with E-state index < -0.39 is 17.5 Å². The van der Waals surface area contributed by atoms with Gasteiger partial charge in [-0.15, -0.1) is 11.3 Å². The van der Waals surface area contributed by atoms with Crippen molar-refractivity contribution in [1.29, 1.82) is 0 Å². The molecule has 1 amide bonds. The molecule has 2 aromatic rings. The SMILES string of the molecule is NC(=O)c1csc(CNc2cc(F)c(Br)cc2F)c1.